The molecule has 0 amide bonds. The highest BCUT2D eigenvalue weighted by Crippen LogP contribution is 2.30. The first-order valence-corrected chi connectivity index (χ1v) is 7.57. The Morgan fingerprint density at radius 3 is 3.05 bits per heavy atom. The Balaban J connectivity index is 1.84. The number of benzene rings is 1. The zero-order valence-electron chi connectivity index (χ0n) is 12.5. The van der Waals surface area contributed by atoms with E-state index in [2.05, 4.69) is 22.4 Å². The van der Waals surface area contributed by atoms with Crippen molar-refractivity contribution in [1.82, 2.24) is 15.5 Å². The van der Waals surface area contributed by atoms with Crippen LogP contribution in [0.15, 0.2) is 28.8 Å². The van der Waals surface area contributed by atoms with E-state index in [0.717, 1.165) is 24.3 Å². The number of hydrogen-bond acceptors (Lipinski definition) is 5. The first kappa shape index (κ1) is 14.1. The van der Waals surface area contributed by atoms with Crippen LogP contribution in [0.3, 0.4) is 0 Å². The lowest BCUT2D eigenvalue weighted by Crippen LogP contribution is -2.30. The van der Waals surface area contributed by atoms with E-state index in [9.17, 15) is 0 Å². The summed E-state index contributed by atoms with van der Waals surface area (Å²) in [4.78, 5) is 4.56. The van der Waals surface area contributed by atoms with E-state index in [-0.39, 0.29) is 6.04 Å². The number of para-hydroxylation sites is 1. The van der Waals surface area contributed by atoms with Gasteiger partial charge in [-0.05, 0) is 44.4 Å². The molecule has 2 atom stereocenters. The number of aromatic nitrogens is 2. The van der Waals surface area contributed by atoms with Crippen LogP contribution >= 0.6 is 0 Å². The van der Waals surface area contributed by atoms with Gasteiger partial charge in [-0.3, -0.25) is 0 Å². The molecule has 1 saturated heterocycles. The highest BCUT2D eigenvalue weighted by atomic mass is 16.5. The Morgan fingerprint density at radius 2 is 2.24 bits per heavy atom. The van der Waals surface area contributed by atoms with Gasteiger partial charge in [-0.15, -0.1) is 0 Å². The van der Waals surface area contributed by atoms with Gasteiger partial charge in [0.05, 0.1) is 18.2 Å². The van der Waals surface area contributed by atoms with Crippen LogP contribution in [0.1, 0.15) is 38.6 Å². The molecule has 5 nitrogen and oxygen atoms in total. The molecule has 2 heterocycles. The number of nitrogens with zero attached hydrogens (tertiary/aromatic N) is 2. The summed E-state index contributed by atoms with van der Waals surface area (Å²) in [5, 5.41) is 7.57. The summed E-state index contributed by atoms with van der Waals surface area (Å²) < 4.78 is 11.1. The average molecular weight is 287 g/mol. The van der Waals surface area contributed by atoms with Crippen LogP contribution < -0.4 is 10.1 Å². The van der Waals surface area contributed by atoms with Crippen LogP contribution in [0.2, 0.25) is 0 Å². The Hall–Kier alpha value is -1.88. The van der Waals surface area contributed by atoms with Crippen LogP contribution in [0, 0.1) is 5.92 Å². The van der Waals surface area contributed by atoms with Crippen molar-refractivity contribution in [2.24, 2.45) is 5.92 Å². The lowest BCUT2D eigenvalue weighted by atomic mass is 9.94. The number of rotatable bonds is 4. The smallest absolute Gasteiger partial charge is 0.244 e. The topological polar surface area (TPSA) is 60.2 Å². The number of piperidine rings is 1. The van der Waals surface area contributed by atoms with Gasteiger partial charge in [-0.2, -0.15) is 4.98 Å². The molecule has 0 spiro atoms. The maximum absolute atomic E-state index is 5.63. The minimum atomic E-state index is 0.161. The van der Waals surface area contributed by atoms with Crippen LogP contribution in [0.5, 0.6) is 5.75 Å². The molecule has 1 fully saturated rings. The zero-order chi connectivity index (χ0) is 14.7. The van der Waals surface area contributed by atoms with E-state index < -0.39 is 0 Å². The third-order valence-corrected chi connectivity index (χ3v) is 3.83. The molecule has 0 bridgehead atoms. The summed E-state index contributed by atoms with van der Waals surface area (Å²) >= 11 is 0. The summed E-state index contributed by atoms with van der Waals surface area (Å²) in [7, 11) is 0. The van der Waals surface area contributed by atoms with Crippen molar-refractivity contribution in [3.05, 3.63) is 30.2 Å². The molecule has 0 radical (unpaired) electrons. The molecule has 0 saturated carbocycles. The third kappa shape index (κ3) is 3.08. The highest BCUT2D eigenvalue weighted by Gasteiger charge is 2.25. The van der Waals surface area contributed by atoms with Gasteiger partial charge in [-0.25, -0.2) is 0 Å². The van der Waals surface area contributed by atoms with E-state index in [1.54, 1.807) is 0 Å². The van der Waals surface area contributed by atoms with Gasteiger partial charge in [0.1, 0.15) is 5.75 Å². The molecule has 2 aromatic rings. The Morgan fingerprint density at radius 1 is 1.38 bits per heavy atom. The first-order valence-electron chi connectivity index (χ1n) is 7.57. The summed E-state index contributed by atoms with van der Waals surface area (Å²) in [5.41, 5.74) is 0.873. The molecule has 1 aromatic heterocycles. The van der Waals surface area contributed by atoms with E-state index in [0.29, 0.717) is 24.2 Å². The number of ether oxygens (including phenoxy) is 1. The van der Waals surface area contributed by atoms with Crippen molar-refractivity contribution in [2.75, 3.05) is 13.2 Å². The van der Waals surface area contributed by atoms with Gasteiger partial charge in [0, 0.05) is 0 Å². The summed E-state index contributed by atoms with van der Waals surface area (Å²) in [5.74, 6) is 2.73. The van der Waals surface area contributed by atoms with Crippen molar-refractivity contribution < 1.29 is 9.26 Å². The largest absolute Gasteiger partial charge is 0.493 e. The lowest BCUT2D eigenvalue weighted by molar-refractivity contribution is 0.260. The van der Waals surface area contributed by atoms with Gasteiger partial charge in [-0.1, -0.05) is 24.2 Å². The maximum atomic E-state index is 5.63. The zero-order valence-corrected chi connectivity index (χ0v) is 12.5. The fourth-order valence-corrected chi connectivity index (χ4v) is 2.71. The highest BCUT2D eigenvalue weighted by molar-refractivity contribution is 5.63. The monoisotopic (exact) mass is 287 g/mol. The predicted molar refractivity (Wildman–Crippen MR) is 80.0 cm³/mol. The Labute approximate surface area is 124 Å². The second-order valence-corrected chi connectivity index (χ2v) is 5.52. The molecule has 1 aliphatic rings. The van der Waals surface area contributed by atoms with E-state index in [1.807, 2.05) is 31.2 Å². The molecule has 21 heavy (non-hydrogen) atoms. The van der Waals surface area contributed by atoms with E-state index >= 15 is 0 Å². The quantitative estimate of drug-likeness (QED) is 0.935. The molecular weight excluding hydrogens is 266 g/mol. The van der Waals surface area contributed by atoms with Crippen molar-refractivity contribution in [2.45, 2.75) is 32.7 Å². The van der Waals surface area contributed by atoms with E-state index in [1.165, 1.54) is 6.42 Å². The van der Waals surface area contributed by atoms with Crippen molar-refractivity contribution in [1.29, 1.82) is 0 Å². The molecule has 1 aliphatic heterocycles. The van der Waals surface area contributed by atoms with Gasteiger partial charge >= 0.3 is 0 Å². The summed E-state index contributed by atoms with van der Waals surface area (Å²) in [6.45, 7) is 5.84. The molecule has 1 aromatic carbocycles. The first-order chi connectivity index (χ1) is 10.3. The van der Waals surface area contributed by atoms with Crippen molar-refractivity contribution in [3.63, 3.8) is 0 Å². The average Bonchev–Trinajstić information content (AvgIpc) is 2.98. The third-order valence-electron chi connectivity index (χ3n) is 3.83. The minimum absolute atomic E-state index is 0.161. The molecule has 1 N–H and O–H groups in total. The number of hydrogen-bond donors (Lipinski definition) is 1. The van der Waals surface area contributed by atoms with Crippen molar-refractivity contribution in [3.8, 4) is 17.1 Å². The molecule has 112 valence electrons. The fourth-order valence-electron chi connectivity index (χ4n) is 2.71. The summed E-state index contributed by atoms with van der Waals surface area (Å²) in [6.07, 6.45) is 2.24. The van der Waals surface area contributed by atoms with Gasteiger partial charge < -0.3 is 14.6 Å². The van der Waals surface area contributed by atoms with Crippen LogP contribution in [0.25, 0.3) is 11.4 Å². The molecule has 3 rings (SSSR count). The van der Waals surface area contributed by atoms with Gasteiger partial charge in [0.15, 0.2) is 0 Å². The predicted octanol–water partition coefficient (Wildman–Crippen LogP) is 3.20. The lowest BCUT2D eigenvalue weighted by Gasteiger charge is -2.25. The SMILES string of the molecule is CCOc1ccccc1-c1noc(C2CC(C)CCN2)n1. The molecule has 5 heteroatoms. The van der Waals surface area contributed by atoms with Crippen LogP contribution in [-0.2, 0) is 0 Å². The van der Waals surface area contributed by atoms with Crippen molar-refractivity contribution >= 4 is 0 Å². The fraction of sp³-hybridized carbons (Fsp3) is 0.500. The normalized spacial score (nSPS) is 22.2. The summed E-state index contributed by atoms with van der Waals surface area (Å²) in [6, 6.07) is 7.94. The molecule has 2 unspecified atom stereocenters. The van der Waals surface area contributed by atoms with E-state index in [4.69, 9.17) is 9.26 Å². The molecule has 0 aliphatic carbocycles. The minimum Gasteiger partial charge on any atom is -0.493 e. The number of nitrogens with one attached hydrogen (secondary N) is 1. The standard InChI is InChI=1S/C16H21N3O2/c1-3-20-14-7-5-4-6-12(14)15-18-16(21-19-15)13-10-11(2)8-9-17-13/h4-7,11,13,17H,3,8-10H2,1-2H3. The Kier molecular flexibility index (Phi) is 4.20. The second-order valence-electron chi connectivity index (χ2n) is 5.52. The van der Waals surface area contributed by atoms with Crippen LogP contribution in [-0.4, -0.2) is 23.3 Å². The molecular formula is C16H21N3O2. The Bertz CT molecular complexity index is 597. The van der Waals surface area contributed by atoms with Gasteiger partial charge in [0.2, 0.25) is 11.7 Å². The maximum Gasteiger partial charge on any atom is 0.244 e. The van der Waals surface area contributed by atoms with Crippen LogP contribution in [0.4, 0.5) is 0 Å². The van der Waals surface area contributed by atoms with Gasteiger partial charge in [0.25, 0.3) is 0 Å². The second kappa shape index (κ2) is 6.26.